The third-order valence-electron chi connectivity index (χ3n) is 1.60. The summed E-state index contributed by atoms with van der Waals surface area (Å²) in [6.45, 7) is 1.45. The van der Waals surface area contributed by atoms with Crippen LogP contribution in [0.1, 0.15) is 13.3 Å². The minimum atomic E-state index is -1.28. The lowest BCUT2D eigenvalue weighted by atomic mass is 10.0. The fourth-order valence-corrected chi connectivity index (χ4v) is 0.959. The van der Waals surface area contributed by atoms with Gasteiger partial charge in [-0.3, -0.25) is 0 Å². The molecule has 1 aliphatic heterocycles. The lowest BCUT2D eigenvalue weighted by Gasteiger charge is -2.34. The molecule has 0 saturated carbocycles. The zero-order valence-corrected chi connectivity index (χ0v) is 5.82. The first-order chi connectivity index (χ1) is 4.51. The summed E-state index contributed by atoms with van der Waals surface area (Å²) < 4.78 is 4.79. The highest BCUT2D eigenvalue weighted by Crippen LogP contribution is 2.21. The van der Waals surface area contributed by atoms with Crippen LogP contribution in [0.4, 0.5) is 0 Å². The summed E-state index contributed by atoms with van der Waals surface area (Å²) in [5.41, 5.74) is 0. The number of aliphatic hydroxyl groups is 3. The zero-order chi connectivity index (χ0) is 7.78. The van der Waals surface area contributed by atoms with Gasteiger partial charge in [-0.05, 0) is 6.92 Å². The third-order valence-corrected chi connectivity index (χ3v) is 1.60. The molecule has 1 rings (SSSR count). The Hall–Kier alpha value is -0.160. The molecule has 0 amide bonds. The molecule has 0 aromatic rings. The average molecular weight is 148 g/mol. The number of hydrogen-bond donors (Lipinski definition) is 3. The quantitative estimate of drug-likeness (QED) is 0.405. The standard InChI is InChI=1S/C6H12O4/c1-6(9)2-4(7)5(8)3-10-6/h4-5,7-9H,2-3H2,1H3. The molecule has 0 radical (unpaired) electrons. The van der Waals surface area contributed by atoms with Crippen molar-refractivity contribution in [2.45, 2.75) is 31.3 Å². The Morgan fingerprint density at radius 1 is 1.40 bits per heavy atom. The molecule has 4 heteroatoms. The minimum Gasteiger partial charge on any atom is -0.390 e. The van der Waals surface area contributed by atoms with Crippen LogP contribution in [0.3, 0.4) is 0 Å². The first kappa shape index (κ1) is 7.94. The van der Waals surface area contributed by atoms with E-state index in [4.69, 9.17) is 20.1 Å². The second-order valence-electron chi connectivity index (χ2n) is 2.82. The van der Waals surface area contributed by atoms with Gasteiger partial charge < -0.3 is 20.1 Å². The van der Waals surface area contributed by atoms with E-state index in [2.05, 4.69) is 0 Å². The van der Waals surface area contributed by atoms with Crippen LogP contribution in [0.2, 0.25) is 0 Å². The third kappa shape index (κ3) is 1.67. The molecular weight excluding hydrogens is 136 g/mol. The maximum absolute atomic E-state index is 9.17. The van der Waals surface area contributed by atoms with E-state index in [0.717, 1.165) is 0 Å². The second-order valence-corrected chi connectivity index (χ2v) is 2.82. The molecule has 60 valence electrons. The van der Waals surface area contributed by atoms with Crippen LogP contribution < -0.4 is 0 Å². The summed E-state index contributed by atoms with van der Waals surface area (Å²) in [5, 5.41) is 27.1. The van der Waals surface area contributed by atoms with E-state index >= 15 is 0 Å². The largest absolute Gasteiger partial charge is 0.390 e. The molecule has 1 saturated heterocycles. The molecule has 1 aliphatic rings. The van der Waals surface area contributed by atoms with Crippen LogP contribution in [0.15, 0.2) is 0 Å². The van der Waals surface area contributed by atoms with E-state index in [1.807, 2.05) is 0 Å². The van der Waals surface area contributed by atoms with E-state index in [9.17, 15) is 0 Å². The molecule has 4 nitrogen and oxygen atoms in total. The Balaban J connectivity index is 2.49. The van der Waals surface area contributed by atoms with E-state index in [1.165, 1.54) is 6.92 Å². The highest BCUT2D eigenvalue weighted by atomic mass is 16.6. The topological polar surface area (TPSA) is 69.9 Å². The lowest BCUT2D eigenvalue weighted by Crippen LogP contribution is -2.47. The van der Waals surface area contributed by atoms with Crippen molar-refractivity contribution in [2.24, 2.45) is 0 Å². The maximum atomic E-state index is 9.17. The van der Waals surface area contributed by atoms with E-state index in [-0.39, 0.29) is 13.0 Å². The van der Waals surface area contributed by atoms with Crippen LogP contribution in [0, 0.1) is 0 Å². The van der Waals surface area contributed by atoms with Crippen molar-refractivity contribution >= 4 is 0 Å². The van der Waals surface area contributed by atoms with Crippen molar-refractivity contribution in [3.05, 3.63) is 0 Å². The van der Waals surface area contributed by atoms with Gasteiger partial charge >= 0.3 is 0 Å². The molecule has 0 spiro atoms. The molecule has 1 fully saturated rings. The lowest BCUT2D eigenvalue weighted by molar-refractivity contribution is -0.258. The Morgan fingerprint density at radius 2 is 2.00 bits per heavy atom. The summed E-state index contributed by atoms with van der Waals surface area (Å²) >= 11 is 0. The second kappa shape index (κ2) is 2.47. The normalized spacial score (nSPS) is 49.2. The Labute approximate surface area is 59.1 Å². The molecule has 3 atom stereocenters. The molecule has 3 unspecified atom stereocenters. The predicted molar refractivity (Wildman–Crippen MR) is 33.2 cm³/mol. The van der Waals surface area contributed by atoms with Crippen LogP contribution >= 0.6 is 0 Å². The first-order valence-electron chi connectivity index (χ1n) is 3.24. The fraction of sp³-hybridized carbons (Fsp3) is 1.00. The van der Waals surface area contributed by atoms with Crippen molar-refractivity contribution in [3.63, 3.8) is 0 Å². The molecular formula is C6H12O4. The number of aliphatic hydroxyl groups excluding tert-OH is 2. The molecule has 10 heavy (non-hydrogen) atoms. The van der Waals surface area contributed by atoms with Gasteiger partial charge in [-0.25, -0.2) is 0 Å². The summed E-state index contributed by atoms with van der Waals surface area (Å²) in [6.07, 6.45) is -1.67. The van der Waals surface area contributed by atoms with Crippen molar-refractivity contribution in [1.29, 1.82) is 0 Å². The molecule has 0 aromatic carbocycles. The van der Waals surface area contributed by atoms with Crippen molar-refractivity contribution < 1.29 is 20.1 Å². The first-order valence-corrected chi connectivity index (χ1v) is 3.24. The van der Waals surface area contributed by atoms with E-state index < -0.39 is 18.0 Å². The summed E-state index contributed by atoms with van der Waals surface area (Å²) in [7, 11) is 0. The van der Waals surface area contributed by atoms with Gasteiger partial charge in [0.05, 0.1) is 12.7 Å². The Morgan fingerprint density at radius 3 is 2.40 bits per heavy atom. The van der Waals surface area contributed by atoms with Crippen molar-refractivity contribution in [2.75, 3.05) is 6.61 Å². The molecule has 1 heterocycles. The van der Waals surface area contributed by atoms with Crippen LogP contribution in [-0.4, -0.2) is 39.9 Å². The Bertz CT molecular complexity index is 123. The van der Waals surface area contributed by atoms with Gasteiger partial charge in [0.1, 0.15) is 6.10 Å². The summed E-state index contributed by atoms with van der Waals surface area (Å²) in [4.78, 5) is 0. The summed E-state index contributed by atoms with van der Waals surface area (Å²) in [6, 6.07) is 0. The van der Waals surface area contributed by atoms with E-state index in [0.29, 0.717) is 0 Å². The predicted octanol–water partition coefficient (Wildman–Crippen LogP) is -1.16. The van der Waals surface area contributed by atoms with Gasteiger partial charge in [0.25, 0.3) is 0 Å². The SMILES string of the molecule is CC1(O)CC(O)C(O)CO1. The summed E-state index contributed by atoms with van der Waals surface area (Å²) in [5.74, 6) is -1.28. The highest BCUT2D eigenvalue weighted by Gasteiger charge is 2.35. The van der Waals surface area contributed by atoms with Crippen LogP contribution in [0.25, 0.3) is 0 Å². The highest BCUT2D eigenvalue weighted by molar-refractivity contribution is 4.79. The molecule has 0 aliphatic carbocycles. The maximum Gasteiger partial charge on any atom is 0.165 e. The molecule has 0 bridgehead atoms. The fourth-order valence-electron chi connectivity index (χ4n) is 0.959. The van der Waals surface area contributed by atoms with E-state index in [1.54, 1.807) is 0 Å². The Kier molecular flexibility index (Phi) is 1.96. The molecule has 0 aromatic heterocycles. The van der Waals surface area contributed by atoms with Crippen molar-refractivity contribution in [3.8, 4) is 0 Å². The van der Waals surface area contributed by atoms with Gasteiger partial charge in [-0.15, -0.1) is 0 Å². The minimum absolute atomic E-state index is 0.00579. The van der Waals surface area contributed by atoms with Gasteiger partial charge in [-0.1, -0.05) is 0 Å². The van der Waals surface area contributed by atoms with Gasteiger partial charge in [0.2, 0.25) is 0 Å². The van der Waals surface area contributed by atoms with Gasteiger partial charge in [0, 0.05) is 6.42 Å². The smallest absolute Gasteiger partial charge is 0.165 e. The monoisotopic (exact) mass is 148 g/mol. The van der Waals surface area contributed by atoms with Gasteiger partial charge in [0.15, 0.2) is 5.79 Å². The average Bonchev–Trinajstić information content (AvgIpc) is 1.79. The van der Waals surface area contributed by atoms with Crippen LogP contribution in [-0.2, 0) is 4.74 Å². The van der Waals surface area contributed by atoms with Gasteiger partial charge in [-0.2, -0.15) is 0 Å². The zero-order valence-electron chi connectivity index (χ0n) is 5.82. The number of hydrogen-bond acceptors (Lipinski definition) is 4. The van der Waals surface area contributed by atoms with Crippen molar-refractivity contribution in [1.82, 2.24) is 0 Å². The number of ether oxygens (including phenoxy) is 1. The van der Waals surface area contributed by atoms with Crippen LogP contribution in [0.5, 0.6) is 0 Å². The molecule has 3 N–H and O–H groups in total. The number of rotatable bonds is 0.